The Kier molecular flexibility index (Phi) is 4.30. The van der Waals surface area contributed by atoms with Gasteiger partial charge in [0.2, 0.25) is 0 Å². The van der Waals surface area contributed by atoms with Gasteiger partial charge in [0.05, 0.1) is 12.0 Å². The number of carbonyl (C=O) groups is 1. The number of aliphatic carboxylic acids is 1. The van der Waals surface area contributed by atoms with Crippen LogP contribution in [0.15, 0.2) is 12.5 Å². The highest BCUT2D eigenvalue weighted by Gasteiger charge is 2.13. The molecule has 1 aromatic heterocycles. The van der Waals surface area contributed by atoms with E-state index in [1.807, 2.05) is 10.8 Å². The van der Waals surface area contributed by atoms with Crippen LogP contribution in [0.1, 0.15) is 25.5 Å². The first-order valence-electron chi connectivity index (χ1n) is 5.12. The first-order valence-corrected chi connectivity index (χ1v) is 5.12. The van der Waals surface area contributed by atoms with Crippen LogP contribution >= 0.6 is 0 Å². The number of aryl methyl sites for hydroxylation is 1. The lowest BCUT2D eigenvalue weighted by molar-refractivity contribution is -0.138. The highest BCUT2D eigenvalue weighted by Crippen LogP contribution is 2.02. The zero-order valence-electron chi connectivity index (χ0n) is 8.89. The Morgan fingerprint density at radius 2 is 2.47 bits per heavy atom. The zero-order valence-corrected chi connectivity index (χ0v) is 8.89. The summed E-state index contributed by atoms with van der Waals surface area (Å²) >= 11 is 0. The van der Waals surface area contributed by atoms with Gasteiger partial charge in [-0.15, -0.1) is 0 Å². The second-order valence-corrected chi connectivity index (χ2v) is 3.61. The predicted molar refractivity (Wildman–Crippen MR) is 56.5 cm³/mol. The molecule has 1 aromatic rings. The van der Waals surface area contributed by atoms with Gasteiger partial charge in [0.15, 0.2) is 0 Å². The monoisotopic (exact) mass is 211 g/mol. The van der Waals surface area contributed by atoms with Gasteiger partial charge in [-0.25, -0.2) is 4.98 Å². The Bertz CT molecular complexity index is 322. The number of carboxylic acid groups (broad SMARTS) is 1. The van der Waals surface area contributed by atoms with Crippen LogP contribution in [-0.4, -0.2) is 26.7 Å². The summed E-state index contributed by atoms with van der Waals surface area (Å²) < 4.78 is 1.97. The minimum atomic E-state index is -0.988. The summed E-state index contributed by atoms with van der Waals surface area (Å²) in [6, 6.07) is -0.862. The van der Waals surface area contributed by atoms with Gasteiger partial charge in [0.1, 0.15) is 6.04 Å². The van der Waals surface area contributed by atoms with Gasteiger partial charge in [-0.3, -0.25) is 4.79 Å². The van der Waals surface area contributed by atoms with Crippen LogP contribution in [0, 0.1) is 0 Å². The normalized spacial score (nSPS) is 12.7. The van der Waals surface area contributed by atoms with E-state index >= 15 is 0 Å². The Morgan fingerprint density at radius 1 is 1.73 bits per heavy atom. The number of hydrogen-bond donors (Lipinski definition) is 2. The maximum atomic E-state index is 10.5. The maximum absolute atomic E-state index is 10.5. The summed E-state index contributed by atoms with van der Waals surface area (Å²) in [7, 11) is 0. The molecule has 0 saturated heterocycles. The first-order chi connectivity index (χ1) is 7.13. The summed E-state index contributed by atoms with van der Waals surface area (Å²) in [5, 5.41) is 8.63. The lowest BCUT2D eigenvalue weighted by Crippen LogP contribution is -2.32. The van der Waals surface area contributed by atoms with Gasteiger partial charge < -0.3 is 15.4 Å². The van der Waals surface area contributed by atoms with Gasteiger partial charge in [0.25, 0.3) is 0 Å². The van der Waals surface area contributed by atoms with Crippen molar-refractivity contribution in [2.75, 3.05) is 0 Å². The lowest BCUT2D eigenvalue weighted by atomic mass is 10.2. The number of nitrogens with two attached hydrogens (primary N) is 1. The number of aromatic nitrogens is 2. The zero-order chi connectivity index (χ0) is 11.3. The number of nitrogens with zero attached hydrogens (tertiary/aromatic N) is 2. The summed E-state index contributed by atoms with van der Waals surface area (Å²) in [5.41, 5.74) is 6.15. The molecule has 0 radical (unpaired) electrons. The van der Waals surface area contributed by atoms with E-state index in [2.05, 4.69) is 11.9 Å². The molecule has 0 aliphatic rings. The third-order valence-corrected chi connectivity index (χ3v) is 2.20. The molecular formula is C10H17N3O2. The van der Waals surface area contributed by atoms with Crippen molar-refractivity contribution in [3.63, 3.8) is 0 Å². The van der Waals surface area contributed by atoms with Crippen LogP contribution in [0.2, 0.25) is 0 Å². The van der Waals surface area contributed by atoms with E-state index in [1.54, 1.807) is 6.33 Å². The topological polar surface area (TPSA) is 81.1 Å². The number of unbranched alkanes of at least 4 members (excludes halogenated alkanes) is 1. The lowest BCUT2D eigenvalue weighted by Gasteiger charge is -2.02. The summed E-state index contributed by atoms with van der Waals surface area (Å²) in [4.78, 5) is 14.6. The van der Waals surface area contributed by atoms with Crippen LogP contribution < -0.4 is 5.73 Å². The smallest absolute Gasteiger partial charge is 0.320 e. The molecule has 0 aliphatic carbocycles. The van der Waals surface area contributed by atoms with E-state index < -0.39 is 12.0 Å². The Balaban J connectivity index is 2.49. The number of carboxylic acids is 1. The molecule has 84 valence electrons. The van der Waals surface area contributed by atoms with Crippen LogP contribution in [0.4, 0.5) is 0 Å². The van der Waals surface area contributed by atoms with Gasteiger partial charge in [-0.1, -0.05) is 13.3 Å². The second-order valence-electron chi connectivity index (χ2n) is 3.61. The molecule has 5 nitrogen and oxygen atoms in total. The second kappa shape index (κ2) is 5.50. The van der Waals surface area contributed by atoms with E-state index in [1.165, 1.54) is 0 Å². The van der Waals surface area contributed by atoms with Crippen molar-refractivity contribution in [1.29, 1.82) is 0 Å². The number of imidazole rings is 1. The van der Waals surface area contributed by atoms with Gasteiger partial charge in [0, 0.05) is 19.2 Å². The third kappa shape index (κ3) is 3.71. The maximum Gasteiger partial charge on any atom is 0.320 e. The molecule has 1 heterocycles. The SMILES string of the molecule is CCCCn1cnc(C[C@@H](N)C(=O)O)c1. The third-order valence-electron chi connectivity index (χ3n) is 2.20. The molecule has 0 fully saturated rings. The first kappa shape index (κ1) is 11.7. The summed E-state index contributed by atoms with van der Waals surface area (Å²) in [5.74, 6) is -0.988. The molecule has 0 aromatic carbocycles. The standard InChI is InChI=1S/C10H17N3O2/c1-2-3-4-13-6-8(12-7-13)5-9(11)10(14)15/h6-7,9H,2-5,11H2,1H3,(H,14,15)/t9-/m1/s1. The Labute approximate surface area is 88.9 Å². The minimum absolute atomic E-state index is 0.286. The Hall–Kier alpha value is -1.36. The van der Waals surface area contributed by atoms with Crippen molar-refractivity contribution in [3.05, 3.63) is 18.2 Å². The van der Waals surface area contributed by atoms with Gasteiger partial charge in [-0.05, 0) is 6.42 Å². The van der Waals surface area contributed by atoms with Gasteiger partial charge >= 0.3 is 5.97 Å². The molecule has 3 N–H and O–H groups in total. The Morgan fingerprint density at radius 3 is 3.07 bits per heavy atom. The molecule has 1 atom stereocenters. The highest BCUT2D eigenvalue weighted by molar-refractivity contribution is 5.73. The van der Waals surface area contributed by atoms with E-state index in [0.29, 0.717) is 0 Å². The fourth-order valence-corrected chi connectivity index (χ4v) is 1.29. The van der Waals surface area contributed by atoms with Crippen molar-refractivity contribution >= 4 is 5.97 Å². The fourth-order valence-electron chi connectivity index (χ4n) is 1.29. The number of rotatable bonds is 6. The van der Waals surface area contributed by atoms with Crippen molar-refractivity contribution < 1.29 is 9.90 Å². The van der Waals surface area contributed by atoms with Crippen molar-refractivity contribution in [1.82, 2.24) is 9.55 Å². The molecule has 0 amide bonds. The molecule has 0 unspecified atom stereocenters. The van der Waals surface area contributed by atoms with Crippen molar-refractivity contribution in [3.8, 4) is 0 Å². The van der Waals surface area contributed by atoms with Crippen LogP contribution in [0.25, 0.3) is 0 Å². The molecule has 0 spiro atoms. The molecule has 5 heteroatoms. The van der Waals surface area contributed by atoms with Crippen molar-refractivity contribution in [2.45, 2.75) is 38.8 Å². The van der Waals surface area contributed by atoms with E-state index in [-0.39, 0.29) is 6.42 Å². The molecule has 15 heavy (non-hydrogen) atoms. The van der Waals surface area contributed by atoms with Gasteiger partial charge in [-0.2, -0.15) is 0 Å². The highest BCUT2D eigenvalue weighted by atomic mass is 16.4. The average Bonchev–Trinajstić information content (AvgIpc) is 2.62. The molecular weight excluding hydrogens is 194 g/mol. The van der Waals surface area contributed by atoms with Crippen LogP contribution in [0.5, 0.6) is 0 Å². The average molecular weight is 211 g/mol. The van der Waals surface area contributed by atoms with E-state index in [9.17, 15) is 4.79 Å². The summed E-state index contributed by atoms with van der Waals surface area (Å²) in [6.07, 6.45) is 6.09. The molecule has 0 aliphatic heterocycles. The van der Waals surface area contributed by atoms with E-state index in [0.717, 1.165) is 25.1 Å². The largest absolute Gasteiger partial charge is 0.480 e. The summed E-state index contributed by atoms with van der Waals surface area (Å²) in [6.45, 7) is 3.05. The van der Waals surface area contributed by atoms with Crippen LogP contribution in [-0.2, 0) is 17.8 Å². The molecule has 1 rings (SSSR count). The predicted octanol–water partition coefficient (Wildman–Crippen LogP) is 0.638. The number of hydrogen-bond acceptors (Lipinski definition) is 3. The van der Waals surface area contributed by atoms with Crippen LogP contribution in [0.3, 0.4) is 0 Å². The van der Waals surface area contributed by atoms with Crippen molar-refractivity contribution in [2.24, 2.45) is 5.73 Å². The minimum Gasteiger partial charge on any atom is -0.480 e. The molecule has 0 bridgehead atoms. The van der Waals surface area contributed by atoms with E-state index in [4.69, 9.17) is 10.8 Å². The fraction of sp³-hybridized carbons (Fsp3) is 0.600. The quantitative estimate of drug-likeness (QED) is 0.723. The molecule has 0 saturated carbocycles.